The number of benzene rings is 1. The number of amides is 2. The van der Waals surface area contributed by atoms with E-state index in [-0.39, 0.29) is 31.2 Å². The Morgan fingerprint density at radius 3 is 2.81 bits per heavy atom. The molecular formula is C22H25N5O4. The lowest BCUT2D eigenvalue weighted by Gasteiger charge is -2.21. The molecule has 1 aliphatic rings. The van der Waals surface area contributed by atoms with Crippen molar-refractivity contribution in [2.45, 2.75) is 26.0 Å². The third kappa shape index (κ3) is 5.18. The van der Waals surface area contributed by atoms with Gasteiger partial charge in [-0.15, -0.1) is 0 Å². The zero-order valence-corrected chi connectivity index (χ0v) is 17.3. The van der Waals surface area contributed by atoms with Gasteiger partial charge in [-0.3, -0.25) is 14.3 Å². The first-order valence-corrected chi connectivity index (χ1v) is 10.2. The predicted octanol–water partition coefficient (Wildman–Crippen LogP) is 1.12. The quantitative estimate of drug-likeness (QED) is 0.637. The minimum atomic E-state index is -0.829. The number of β-amino-alcohol motifs (C(OH)–C–C–N with tert-alkyl or cyclic N) is 1. The standard InChI is InChI=1S/C22H25N5O4/c1-16-10-23-27(11-16)14-19-9-20(24-31-19)22(30)26-13-18(28)12-25(21(29)15-26)8-7-17-5-3-2-4-6-17/h2-6,9-11,18,28H,7-8,12-15H2,1H3. The number of aliphatic hydroxyl groups is 1. The molecule has 0 spiro atoms. The summed E-state index contributed by atoms with van der Waals surface area (Å²) in [6, 6.07) is 11.4. The summed E-state index contributed by atoms with van der Waals surface area (Å²) in [5.74, 6) is -0.154. The number of aromatic nitrogens is 3. The van der Waals surface area contributed by atoms with E-state index in [1.807, 2.05) is 43.5 Å². The highest BCUT2D eigenvalue weighted by Gasteiger charge is 2.31. The third-order valence-corrected chi connectivity index (χ3v) is 5.20. The van der Waals surface area contributed by atoms with Crippen molar-refractivity contribution in [1.82, 2.24) is 24.7 Å². The van der Waals surface area contributed by atoms with Crippen LogP contribution in [0.2, 0.25) is 0 Å². The molecule has 0 bridgehead atoms. The smallest absolute Gasteiger partial charge is 0.276 e. The van der Waals surface area contributed by atoms with E-state index >= 15 is 0 Å². The second-order valence-electron chi connectivity index (χ2n) is 7.81. The maximum Gasteiger partial charge on any atom is 0.276 e. The molecule has 0 aliphatic carbocycles. The van der Waals surface area contributed by atoms with Crippen molar-refractivity contribution in [2.75, 3.05) is 26.2 Å². The monoisotopic (exact) mass is 423 g/mol. The normalized spacial score (nSPS) is 17.1. The lowest BCUT2D eigenvalue weighted by molar-refractivity contribution is -0.131. The maximum atomic E-state index is 12.9. The molecule has 9 heteroatoms. The van der Waals surface area contributed by atoms with Gasteiger partial charge in [0.15, 0.2) is 11.5 Å². The lowest BCUT2D eigenvalue weighted by atomic mass is 10.1. The van der Waals surface area contributed by atoms with Crippen molar-refractivity contribution in [3.63, 3.8) is 0 Å². The molecule has 1 aromatic carbocycles. The SMILES string of the molecule is Cc1cnn(Cc2cc(C(=O)N3CC(=O)N(CCc4ccccc4)CC(O)C3)no2)c1. The van der Waals surface area contributed by atoms with Crippen LogP contribution in [0.1, 0.15) is 27.4 Å². The minimum Gasteiger partial charge on any atom is -0.389 e. The first-order valence-electron chi connectivity index (χ1n) is 10.2. The van der Waals surface area contributed by atoms with E-state index in [1.54, 1.807) is 21.8 Å². The van der Waals surface area contributed by atoms with Crippen LogP contribution in [0.4, 0.5) is 0 Å². The first-order chi connectivity index (χ1) is 15.0. The van der Waals surface area contributed by atoms with E-state index in [0.717, 1.165) is 11.1 Å². The molecule has 3 aromatic rings. The Balaban J connectivity index is 1.39. The van der Waals surface area contributed by atoms with Gasteiger partial charge in [0.2, 0.25) is 5.91 Å². The predicted molar refractivity (Wildman–Crippen MR) is 111 cm³/mol. The van der Waals surface area contributed by atoms with Gasteiger partial charge in [0, 0.05) is 31.9 Å². The molecule has 162 valence electrons. The number of carbonyl (C=O) groups excluding carboxylic acids is 2. The van der Waals surface area contributed by atoms with Crippen LogP contribution < -0.4 is 0 Å². The Hall–Kier alpha value is -3.46. The molecule has 2 amide bonds. The molecule has 9 nitrogen and oxygen atoms in total. The third-order valence-electron chi connectivity index (χ3n) is 5.20. The van der Waals surface area contributed by atoms with Gasteiger partial charge >= 0.3 is 0 Å². The van der Waals surface area contributed by atoms with Crippen molar-refractivity contribution in [3.8, 4) is 0 Å². The summed E-state index contributed by atoms with van der Waals surface area (Å²) in [5, 5.41) is 18.4. The van der Waals surface area contributed by atoms with Gasteiger partial charge in [-0.05, 0) is 24.5 Å². The minimum absolute atomic E-state index is 0.0625. The molecule has 31 heavy (non-hydrogen) atoms. The Morgan fingerprint density at radius 2 is 2.06 bits per heavy atom. The Bertz CT molecular complexity index is 1050. The van der Waals surface area contributed by atoms with Crippen LogP contribution in [-0.2, 0) is 17.8 Å². The summed E-state index contributed by atoms with van der Waals surface area (Å²) in [6.45, 7) is 2.92. The van der Waals surface area contributed by atoms with Gasteiger partial charge in [-0.25, -0.2) is 0 Å². The number of rotatable bonds is 6. The topological polar surface area (TPSA) is 105 Å². The number of hydrogen-bond acceptors (Lipinski definition) is 6. The van der Waals surface area contributed by atoms with Crippen LogP contribution in [0, 0.1) is 6.92 Å². The molecule has 1 aliphatic heterocycles. The van der Waals surface area contributed by atoms with Crippen molar-refractivity contribution in [1.29, 1.82) is 0 Å². The summed E-state index contributed by atoms with van der Waals surface area (Å²) in [6.07, 6.45) is 3.45. The molecule has 1 saturated heterocycles. The van der Waals surface area contributed by atoms with Gasteiger partial charge < -0.3 is 19.4 Å². The molecule has 2 aromatic heterocycles. The summed E-state index contributed by atoms with van der Waals surface area (Å²) in [7, 11) is 0. The lowest BCUT2D eigenvalue weighted by Crippen LogP contribution is -2.40. The second-order valence-corrected chi connectivity index (χ2v) is 7.81. The van der Waals surface area contributed by atoms with Crippen molar-refractivity contribution < 1.29 is 19.2 Å². The van der Waals surface area contributed by atoms with Crippen molar-refractivity contribution >= 4 is 11.8 Å². The molecule has 0 saturated carbocycles. The first kappa shape index (κ1) is 20.8. The average Bonchev–Trinajstić information content (AvgIpc) is 3.36. The molecule has 3 heterocycles. The van der Waals surface area contributed by atoms with E-state index in [1.165, 1.54) is 4.90 Å². The van der Waals surface area contributed by atoms with Crippen LogP contribution in [0.5, 0.6) is 0 Å². The fraction of sp³-hybridized carbons (Fsp3) is 0.364. The summed E-state index contributed by atoms with van der Waals surface area (Å²) in [4.78, 5) is 28.6. The van der Waals surface area contributed by atoms with E-state index in [0.29, 0.717) is 25.3 Å². The van der Waals surface area contributed by atoms with Crippen LogP contribution in [0.25, 0.3) is 0 Å². The van der Waals surface area contributed by atoms with Crippen LogP contribution in [-0.4, -0.2) is 73.9 Å². The summed E-state index contributed by atoms with van der Waals surface area (Å²) >= 11 is 0. The molecule has 1 atom stereocenters. The van der Waals surface area contributed by atoms with E-state index < -0.39 is 12.0 Å². The largest absolute Gasteiger partial charge is 0.389 e. The van der Waals surface area contributed by atoms with Crippen LogP contribution in [0.3, 0.4) is 0 Å². The molecule has 0 radical (unpaired) electrons. The van der Waals surface area contributed by atoms with Crippen molar-refractivity contribution in [2.24, 2.45) is 0 Å². The molecule has 1 unspecified atom stereocenters. The van der Waals surface area contributed by atoms with Gasteiger partial charge in [-0.2, -0.15) is 5.10 Å². The van der Waals surface area contributed by atoms with Crippen molar-refractivity contribution in [3.05, 3.63) is 71.4 Å². The number of aliphatic hydroxyl groups excluding tert-OH is 1. The molecule has 1 N–H and O–H groups in total. The maximum absolute atomic E-state index is 12.9. The van der Waals surface area contributed by atoms with E-state index in [4.69, 9.17) is 4.52 Å². The zero-order chi connectivity index (χ0) is 21.8. The van der Waals surface area contributed by atoms with Gasteiger partial charge in [-0.1, -0.05) is 35.5 Å². The van der Waals surface area contributed by atoms with Gasteiger partial charge in [0.05, 0.1) is 12.3 Å². The summed E-state index contributed by atoms with van der Waals surface area (Å²) < 4.78 is 6.96. The fourth-order valence-electron chi connectivity index (χ4n) is 3.64. The second kappa shape index (κ2) is 9.13. The highest BCUT2D eigenvalue weighted by molar-refractivity contribution is 5.95. The Morgan fingerprint density at radius 1 is 1.26 bits per heavy atom. The van der Waals surface area contributed by atoms with Crippen LogP contribution >= 0.6 is 0 Å². The number of carbonyl (C=O) groups is 2. The molecule has 4 rings (SSSR count). The number of aryl methyl sites for hydroxylation is 1. The number of nitrogens with zero attached hydrogens (tertiary/aromatic N) is 5. The fourth-order valence-corrected chi connectivity index (χ4v) is 3.64. The van der Waals surface area contributed by atoms with Crippen LogP contribution in [0.15, 0.2) is 53.3 Å². The van der Waals surface area contributed by atoms with Gasteiger partial charge in [0.1, 0.15) is 13.1 Å². The Labute approximate surface area is 179 Å². The Kier molecular flexibility index (Phi) is 6.13. The number of hydrogen-bond donors (Lipinski definition) is 1. The van der Waals surface area contributed by atoms with Gasteiger partial charge in [0.25, 0.3) is 5.91 Å². The summed E-state index contributed by atoms with van der Waals surface area (Å²) in [5.41, 5.74) is 2.24. The van der Waals surface area contributed by atoms with E-state index in [2.05, 4.69) is 10.3 Å². The molecule has 1 fully saturated rings. The highest BCUT2D eigenvalue weighted by atomic mass is 16.5. The zero-order valence-electron chi connectivity index (χ0n) is 17.3. The molecular weight excluding hydrogens is 398 g/mol. The average molecular weight is 423 g/mol. The highest BCUT2D eigenvalue weighted by Crippen LogP contribution is 2.13. The van der Waals surface area contributed by atoms with E-state index in [9.17, 15) is 14.7 Å².